The molecule has 2 N–H and O–H groups in total. The summed E-state index contributed by atoms with van der Waals surface area (Å²) in [6.45, 7) is 2.72. The van der Waals surface area contributed by atoms with E-state index in [0.29, 0.717) is 6.04 Å². The first kappa shape index (κ1) is 9.97. The van der Waals surface area contributed by atoms with Crippen LogP contribution in [0.2, 0.25) is 0 Å². The maximum absolute atomic E-state index is 11.8. The van der Waals surface area contributed by atoms with Crippen LogP contribution in [0.5, 0.6) is 0 Å². The summed E-state index contributed by atoms with van der Waals surface area (Å²) in [6, 6.07) is 0.191. The predicted octanol–water partition coefficient (Wildman–Crippen LogP) is 1.12. The second kappa shape index (κ2) is 3.89. The van der Waals surface area contributed by atoms with Gasteiger partial charge in [0.2, 0.25) is 5.91 Å². The number of carbonyl (C=O) groups is 1. The zero-order valence-corrected chi connectivity index (χ0v) is 8.91. The van der Waals surface area contributed by atoms with Gasteiger partial charge in [-0.15, -0.1) is 0 Å². The molecule has 80 valence electrons. The fourth-order valence-corrected chi connectivity index (χ4v) is 2.99. The smallest absolute Gasteiger partial charge is 0.239 e. The van der Waals surface area contributed by atoms with Crippen molar-refractivity contribution in [2.45, 2.75) is 51.1 Å². The second-order valence-electron chi connectivity index (χ2n) is 4.72. The minimum Gasteiger partial charge on any atom is -0.338 e. The molecule has 3 heteroatoms. The number of likely N-dealkylation sites (tertiary alicyclic amines) is 1. The molecule has 2 rings (SSSR count). The Morgan fingerprint density at radius 1 is 1.36 bits per heavy atom. The van der Waals surface area contributed by atoms with Crippen molar-refractivity contribution in [2.24, 2.45) is 11.7 Å². The highest BCUT2D eigenvalue weighted by Crippen LogP contribution is 2.36. The Balaban J connectivity index is 2.06. The van der Waals surface area contributed by atoms with Gasteiger partial charge in [0.15, 0.2) is 0 Å². The molecule has 1 heterocycles. The van der Waals surface area contributed by atoms with Gasteiger partial charge in [-0.3, -0.25) is 4.79 Å². The van der Waals surface area contributed by atoms with Gasteiger partial charge in [-0.2, -0.15) is 0 Å². The topological polar surface area (TPSA) is 46.3 Å². The standard InChI is InChI=1S/C11H20N2O/c1-8(12)11(14)13-7-3-5-9-4-2-6-10(9)13/h8-10H,2-7,12H2,1H3. The number of nitrogens with zero attached hydrogens (tertiary/aromatic N) is 1. The molecule has 3 unspecified atom stereocenters. The van der Waals surface area contributed by atoms with Gasteiger partial charge >= 0.3 is 0 Å². The summed E-state index contributed by atoms with van der Waals surface area (Å²) in [5, 5.41) is 0. The second-order valence-corrected chi connectivity index (χ2v) is 4.72. The van der Waals surface area contributed by atoms with E-state index in [1.807, 2.05) is 4.90 Å². The Labute approximate surface area is 85.6 Å². The molecule has 1 aliphatic carbocycles. The van der Waals surface area contributed by atoms with Crippen LogP contribution in [-0.4, -0.2) is 29.4 Å². The molecule has 0 bridgehead atoms. The van der Waals surface area contributed by atoms with Crippen molar-refractivity contribution in [3.63, 3.8) is 0 Å². The molecule has 2 aliphatic rings. The number of hydrogen-bond donors (Lipinski definition) is 1. The normalized spacial score (nSPS) is 34.0. The molecule has 3 atom stereocenters. The molecule has 1 amide bonds. The Kier molecular flexibility index (Phi) is 2.77. The Morgan fingerprint density at radius 3 is 2.79 bits per heavy atom. The highest BCUT2D eigenvalue weighted by atomic mass is 16.2. The van der Waals surface area contributed by atoms with E-state index in [4.69, 9.17) is 5.73 Å². The quantitative estimate of drug-likeness (QED) is 0.683. The molecule has 0 radical (unpaired) electrons. The van der Waals surface area contributed by atoms with Crippen LogP contribution >= 0.6 is 0 Å². The molecule has 14 heavy (non-hydrogen) atoms. The molecule has 0 aromatic heterocycles. The van der Waals surface area contributed by atoms with Crippen LogP contribution in [0.4, 0.5) is 0 Å². The minimum absolute atomic E-state index is 0.154. The summed E-state index contributed by atoms with van der Waals surface area (Å²) < 4.78 is 0. The Bertz CT molecular complexity index is 227. The SMILES string of the molecule is CC(N)C(=O)N1CCCC2CCCC21. The van der Waals surface area contributed by atoms with Crippen LogP contribution in [0.15, 0.2) is 0 Å². The summed E-state index contributed by atoms with van der Waals surface area (Å²) in [5.74, 6) is 0.924. The molecular weight excluding hydrogens is 176 g/mol. The first-order valence-electron chi connectivity index (χ1n) is 5.76. The average molecular weight is 196 g/mol. The maximum Gasteiger partial charge on any atom is 0.239 e. The fraction of sp³-hybridized carbons (Fsp3) is 0.909. The van der Waals surface area contributed by atoms with Gasteiger partial charge in [0, 0.05) is 12.6 Å². The third kappa shape index (κ3) is 1.65. The van der Waals surface area contributed by atoms with Crippen LogP contribution in [-0.2, 0) is 4.79 Å². The Hall–Kier alpha value is -0.570. The summed E-state index contributed by atoms with van der Waals surface area (Å²) in [7, 11) is 0. The number of carbonyl (C=O) groups excluding carboxylic acids is 1. The van der Waals surface area contributed by atoms with E-state index < -0.39 is 0 Å². The molecule has 0 aromatic rings. The molecule has 0 spiro atoms. The third-order valence-corrected chi connectivity index (χ3v) is 3.67. The van der Waals surface area contributed by atoms with E-state index in [1.54, 1.807) is 6.92 Å². The number of fused-ring (bicyclic) bond motifs is 1. The van der Waals surface area contributed by atoms with Crippen molar-refractivity contribution >= 4 is 5.91 Å². The monoisotopic (exact) mass is 196 g/mol. The van der Waals surface area contributed by atoms with Crippen molar-refractivity contribution < 1.29 is 4.79 Å². The lowest BCUT2D eigenvalue weighted by Crippen LogP contribution is -2.51. The van der Waals surface area contributed by atoms with E-state index >= 15 is 0 Å². The fourth-order valence-electron chi connectivity index (χ4n) is 2.99. The summed E-state index contributed by atoms with van der Waals surface area (Å²) in [6.07, 6.45) is 6.28. The van der Waals surface area contributed by atoms with E-state index in [0.717, 1.165) is 12.5 Å². The number of rotatable bonds is 1. The van der Waals surface area contributed by atoms with Gasteiger partial charge in [0.05, 0.1) is 6.04 Å². The van der Waals surface area contributed by atoms with Crippen molar-refractivity contribution in [1.82, 2.24) is 4.90 Å². The summed E-state index contributed by atoms with van der Waals surface area (Å²) in [5.41, 5.74) is 5.66. The van der Waals surface area contributed by atoms with E-state index in [9.17, 15) is 4.79 Å². The minimum atomic E-state index is -0.325. The van der Waals surface area contributed by atoms with Gasteiger partial charge in [0.1, 0.15) is 0 Å². The van der Waals surface area contributed by atoms with Crippen LogP contribution in [0.1, 0.15) is 39.0 Å². The number of nitrogens with two attached hydrogens (primary N) is 1. The van der Waals surface area contributed by atoms with Crippen molar-refractivity contribution in [3.05, 3.63) is 0 Å². The first-order chi connectivity index (χ1) is 6.70. The average Bonchev–Trinajstić information content (AvgIpc) is 2.63. The zero-order valence-electron chi connectivity index (χ0n) is 8.91. The Morgan fingerprint density at radius 2 is 2.07 bits per heavy atom. The molecule has 1 aliphatic heterocycles. The largest absolute Gasteiger partial charge is 0.338 e. The lowest BCUT2D eigenvalue weighted by atomic mass is 9.91. The van der Waals surface area contributed by atoms with Gasteiger partial charge < -0.3 is 10.6 Å². The number of piperidine rings is 1. The van der Waals surface area contributed by atoms with E-state index in [2.05, 4.69) is 0 Å². The zero-order chi connectivity index (χ0) is 10.1. The third-order valence-electron chi connectivity index (χ3n) is 3.67. The van der Waals surface area contributed by atoms with Crippen LogP contribution in [0, 0.1) is 5.92 Å². The van der Waals surface area contributed by atoms with Gasteiger partial charge in [-0.05, 0) is 38.5 Å². The van der Waals surface area contributed by atoms with Crippen LogP contribution < -0.4 is 5.73 Å². The molecule has 1 saturated carbocycles. The van der Waals surface area contributed by atoms with Crippen LogP contribution in [0.3, 0.4) is 0 Å². The number of amides is 1. The molecule has 1 saturated heterocycles. The van der Waals surface area contributed by atoms with E-state index in [-0.39, 0.29) is 11.9 Å². The predicted molar refractivity (Wildman–Crippen MR) is 55.7 cm³/mol. The van der Waals surface area contributed by atoms with Gasteiger partial charge in [0.25, 0.3) is 0 Å². The van der Waals surface area contributed by atoms with Crippen molar-refractivity contribution in [1.29, 1.82) is 0 Å². The lowest BCUT2D eigenvalue weighted by molar-refractivity contribution is -0.136. The molecular formula is C11H20N2O. The lowest BCUT2D eigenvalue weighted by Gasteiger charge is -2.38. The highest BCUT2D eigenvalue weighted by molar-refractivity contribution is 5.81. The van der Waals surface area contributed by atoms with Gasteiger partial charge in [-0.25, -0.2) is 0 Å². The summed E-state index contributed by atoms with van der Waals surface area (Å²) >= 11 is 0. The molecule has 3 nitrogen and oxygen atoms in total. The first-order valence-corrected chi connectivity index (χ1v) is 5.76. The van der Waals surface area contributed by atoms with Gasteiger partial charge in [-0.1, -0.05) is 6.42 Å². The van der Waals surface area contributed by atoms with Crippen molar-refractivity contribution in [3.8, 4) is 0 Å². The molecule has 2 fully saturated rings. The molecule has 0 aromatic carbocycles. The van der Waals surface area contributed by atoms with Crippen molar-refractivity contribution in [2.75, 3.05) is 6.54 Å². The van der Waals surface area contributed by atoms with Crippen LogP contribution in [0.25, 0.3) is 0 Å². The number of hydrogen-bond acceptors (Lipinski definition) is 2. The highest BCUT2D eigenvalue weighted by Gasteiger charge is 2.37. The summed E-state index contributed by atoms with van der Waals surface area (Å²) in [4.78, 5) is 13.9. The maximum atomic E-state index is 11.8. The van der Waals surface area contributed by atoms with E-state index in [1.165, 1.54) is 32.1 Å².